The number of halogens is 1. The van der Waals surface area contributed by atoms with Crippen molar-refractivity contribution in [2.75, 3.05) is 31.0 Å². The highest BCUT2D eigenvalue weighted by atomic mass is 35.5. The first-order valence-electron chi connectivity index (χ1n) is 11.4. The van der Waals surface area contributed by atoms with Crippen LogP contribution in [0.5, 0.6) is 0 Å². The monoisotopic (exact) mass is 532 g/mol. The molecular weight excluding hydrogens is 508 g/mol. The molecule has 3 aromatic rings. The Kier molecular flexibility index (Phi) is 6.60. The summed E-state index contributed by atoms with van der Waals surface area (Å²) in [7, 11) is -2.24. The molecule has 1 atom stereocenters. The lowest BCUT2D eigenvalue weighted by molar-refractivity contribution is -0.119. The molecule has 3 heterocycles. The largest absolute Gasteiger partial charge is 0.418 e. The molecule has 0 aliphatic carbocycles. The van der Waals surface area contributed by atoms with E-state index in [9.17, 15) is 13.2 Å². The number of hydrogen-bond acceptors (Lipinski definition) is 9. The van der Waals surface area contributed by atoms with Gasteiger partial charge in [0.05, 0.1) is 28.9 Å². The second-order valence-electron chi connectivity index (χ2n) is 8.84. The fraction of sp³-hybridized carbons (Fsp3) is 0.375. The van der Waals surface area contributed by atoms with Crippen LogP contribution >= 0.6 is 11.6 Å². The van der Waals surface area contributed by atoms with E-state index in [0.717, 1.165) is 5.56 Å². The number of anilines is 1. The van der Waals surface area contributed by atoms with Crippen LogP contribution in [0.4, 0.5) is 5.69 Å². The summed E-state index contributed by atoms with van der Waals surface area (Å²) in [5.74, 6) is -0.489. The second-order valence-corrected chi connectivity index (χ2v) is 11.3. The van der Waals surface area contributed by atoms with Crippen molar-refractivity contribution >= 4 is 33.0 Å². The summed E-state index contributed by atoms with van der Waals surface area (Å²) in [6, 6.07) is 10.3. The fourth-order valence-corrected chi connectivity index (χ4v) is 6.19. The Morgan fingerprint density at radius 1 is 1.17 bits per heavy atom. The maximum Gasteiger partial charge on any atom is 0.248 e. The molecule has 10 nitrogen and oxygen atoms in total. The highest BCUT2D eigenvalue weighted by Gasteiger charge is 2.40. The highest BCUT2D eigenvalue weighted by molar-refractivity contribution is 7.91. The van der Waals surface area contributed by atoms with Gasteiger partial charge in [-0.25, -0.2) is 8.42 Å². The Hall–Kier alpha value is -2.83. The number of methoxy groups -OCH3 is 1. The number of carbonyl (C=O) groups excluding carboxylic acids is 1. The minimum absolute atomic E-state index is 0.0130. The van der Waals surface area contributed by atoms with E-state index in [2.05, 4.69) is 10.2 Å². The van der Waals surface area contributed by atoms with Gasteiger partial charge in [0.25, 0.3) is 0 Å². The van der Waals surface area contributed by atoms with E-state index in [1.807, 2.05) is 0 Å². The molecule has 190 valence electrons. The van der Waals surface area contributed by atoms with E-state index in [0.29, 0.717) is 42.5 Å². The van der Waals surface area contributed by atoms with E-state index in [1.165, 1.54) is 11.0 Å². The molecule has 36 heavy (non-hydrogen) atoms. The van der Waals surface area contributed by atoms with E-state index in [4.69, 9.17) is 31.2 Å². The van der Waals surface area contributed by atoms with Crippen molar-refractivity contribution in [2.45, 2.75) is 35.9 Å². The Balaban J connectivity index is 1.58. The number of carbonyl (C=O) groups is 1. The Bertz CT molecular complexity index is 1390. The van der Waals surface area contributed by atoms with Gasteiger partial charge < -0.3 is 24.5 Å². The fourth-order valence-electron chi connectivity index (χ4n) is 4.51. The molecule has 2 N–H and O–H groups in total. The summed E-state index contributed by atoms with van der Waals surface area (Å²) in [5.41, 5.74) is 6.69. The standard InChI is InChI=1S/C24H25ClN4O6S/c1-33-24(8-10-34-11-9-24)23-28-27-21(35-23)16-4-7-20-19(12-16)29(13-15-2-5-17(25)6-3-15)22(30)18(26)14-36(20,31)32/h2-7,12,18H,8-11,13-14,26H2,1H3/t18-/m0/s1. The van der Waals surface area contributed by atoms with Crippen LogP contribution in [-0.2, 0) is 36.3 Å². The average molecular weight is 533 g/mol. The van der Waals surface area contributed by atoms with Crippen LogP contribution < -0.4 is 10.6 Å². The summed E-state index contributed by atoms with van der Waals surface area (Å²) >= 11 is 6.00. The molecular formula is C24H25ClN4O6S. The molecule has 1 aromatic heterocycles. The number of amides is 1. The number of fused-ring (bicyclic) bond motifs is 1. The molecule has 1 amide bonds. The van der Waals surface area contributed by atoms with Crippen LogP contribution in [-0.4, -0.2) is 56.6 Å². The highest BCUT2D eigenvalue weighted by Crippen LogP contribution is 2.38. The van der Waals surface area contributed by atoms with Gasteiger partial charge in [-0.2, -0.15) is 0 Å². The van der Waals surface area contributed by atoms with Gasteiger partial charge in [-0.3, -0.25) is 4.79 Å². The van der Waals surface area contributed by atoms with E-state index in [1.54, 1.807) is 43.5 Å². The molecule has 2 aromatic carbocycles. The lowest BCUT2D eigenvalue weighted by atomic mass is 9.94. The second kappa shape index (κ2) is 9.56. The zero-order chi connectivity index (χ0) is 25.5. The van der Waals surface area contributed by atoms with E-state index in [-0.39, 0.29) is 23.0 Å². The summed E-state index contributed by atoms with van der Waals surface area (Å²) in [4.78, 5) is 14.6. The summed E-state index contributed by atoms with van der Waals surface area (Å²) in [6.07, 6.45) is 1.13. The third-order valence-electron chi connectivity index (χ3n) is 6.57. The van der Waals surface area contributed by atoms with Crippen LogP contribution in [0, 0.1) is 0 Å². The molecule has 2 aliphatic rings. The molecule has 0 bridgehead atoms. The number of sulfone groups is 1. The number of rotatable bonds is 5. The van der Waals surface area contributed by atoms with Crippen molar-refractivity contribution in [3.8, 4) is 11.5 Å². The molecule has 2 aliphatic heterocycles. The Labute approximate surface area is 213 Å². The van der Waals surface area contributed by atoms with E-state index < -0.39 is 33.1 Å². The van der Waals surface area contributed by atoms with E-state index >= 15 is 0 Å². The first kappa shape index (κ1) is 24.8. The van der Waals surface area contributed by atoms with Crippen LogP contribution in [0.1, 0.15) is 24.3 Å². The predicted octanol–water partition coefficient (Wildman–Crippen LogP) is 2.69. The van der Waals surface area contributed by atoms with Gasteiger partial charge in [-0.1, -0.05) is 23.7 Å². The van der Waals surface area contributed by atoms with Crippen LogP contribution in [0.25, 0.3) is 11.5 Å². The van der Waals surface area contributed by atoms with Crippen LogP contribution in [0.15, 0.2) is 51.8 Å². The molecule has 0 saturated carbocycles. The van der Waals surface area contributed by atoms with Crippen molar-refractivity contribution in [1.29, 1.82) is 0 Å². The van der Waals surface area contributed by atoms with Gasteiger partial charge in [0.1, 0.15) is 5.60 Å². The van der Waals surface area contributed by atoms with Gasteiger partial charge in [-0.15, -0.1) is 10.2 Å². The SMILES string of the molecule is COC1(c2nnc(-c3ccc4c(c3)N(Cc3ccc(Cl)cc3)C(=O)[C@@H](N)CS4(=O)=O)o2)CCOCC1. The third-order valence-corrected chi connectivity index (χ3v) is 8.64. The molecule has 1 saturated heterocycles. The average Bonchev–Trinajstić information content (AvgIpc) is 3.37. The number of aromatic nitrogens is 2. The molecule has 0 unspecified atom stereocenters. The molecule has 5 rings (SSSR count). The first-order valence-corrected chi connectivity index (χ1v) is 13.4. The minimum atomic E-state index is -3.83. The van der Waals surface area contributed by atoms with Crippen molar-refractivity contribution in [2.24, 2.45) is 5.73 Å². The van der Waals surface area contributed by atoms with Gasteiger partial charge in [0.15, 0.2) is 9.84 Å². The van der Waals surface area contributed by atoms with Crippen LogP contribution in [0.2, 0.25) is 5.02 Å². The van der Waals surface area contributed by atoms with Gasteiger partial charge in [0, 0.05) is 43.8 Å². The molecule has 1 fully saturated rings. The minimum Gasteiger partial charge on any atom is -0.418 e. The van der Waals surface area contributed by atoms with Crippen molar-refractivity contribution < 1.29 is 27.1 Å². The lowest BCUT2D eigenvalue weighted by Crippen LogP contribution is -2.45. The van der Waals surface area contributed by atoms with Crippen molar-refractivity contribution in [3.05, 3.63) is 58.9 Å². The van der Waals surface area contributed by atoms with Gasteiger partial charge in [0.2, 0.25) is 17.7 Å². The lowest BCUT2D eigenvalue weighted by Gasteiger charge is -2.32. The smallest absolute Gasteiger partial charge is 0.248 e. The molecule has 0 radical (unpaired) electrons. The number of hydrogen-bond donors (Lipinski definition) is 1. The summed E-state index contributed by atoms with van der Waals surface area (Å²) in [6.45, 7) is 1.12. The molecule has 12 heteroatoms. The maximum absolute atomic E-state index is 13.2. The summed E-state index contributed by atoms with van der Waals surface area (Å²) in [5, 5.41) is 8.95. The number of nitrogens with zero attached hydrogens (tertiary/aromatic N) is 3. The predicted molar refractivity (Wildman–Crippen MR) is 131 cm³/mol. The normalized spacial score (nSPS) is 21.1. The third kappa shape index (κ3) is 4.53. The number of benzene rings is 2. The zero-order valence-electron chi connectivity index (χ0n) is 19.5. The van der Waals surface area contributed by atoms with Crippen LogP contribution in [0.3, 0.4) is 0 Å². The first-order chi connectivity index (χ1) is 17.2. The van der Waals surface area contributed by atoms with Crippen molar-refractivity contribution in [1.82, 2.24) is 10.2 Å². The topological polar surface area (TPSA) is 138 Å². The number of nitrogens with two attached hydrogens (primary N) is 1. The number of ether oxygens (including phenoxy) is 2. The van der Waals surface area contributed by atoms with Gasteiger partial charge in [-0.05, 0) is 35.9 Å². The zero-order valence-corrected chi connectivity index (χ0v) is 21.1. The van der Waals surface area contributed by atoms with Crippen molar-refractivity contribution in [3.63, 3.8) is 0 Å². The Morgan fingerprint density at radius 3 is 2.58 bits per heavy atom. The quantitative estimate of drug-likeness (QED) is 0.525. The molecule has 0 spiro atoms. The maximum atomic E-state index is 13.2. The van der Waals surface area contributed by atoms with Gasteiger partial charge >= 0.3 is 0 Å². The Morgan fingerprint density at radius 2 is 1.89 bits per heavy atom. The summed E-state index contributed by atoms with van der Waals surface area (Å²) < 4.78 is 43.3.